The number of carbonyl (C=O) groups is 1. The standard InChI is InChI=1S/C21H17ClN6O/c1-12-13(2)18(8-23)19(22)7-17(12)21(29)26-15-5-4-14-9-25-28(20(14)6-15)16-10-24-27(3)11-16/h4-7,9-11H,1-3H3,(H,26,29). The van der Waals surface area contributed by atoms with E-state index >= 15 is 0 Å². The second kappa shape index (κ2) is 7.08. The van der Waals surface area contributed by atoms with E-state index in [9.17, 15) is 10.1 Å². The lowest BCUT2D eigenvalue weighted by Crippen LogP contribution is -2.14. The van der Waals surface area contributed by atoms with E-state index in [1.54, 1.807) is 28.7 Å². The fraction of sp³-hybridized carbons (Fsp3) is 0.143. The molecule has 2 heterocycles. The predicted octanol–water partition coefficient (Wildman–Crippen LogP) is 4.15. The van der Waals surface area contributed by atoms with Gasteiger partial charge in [0.2, 0.25) is 0 Å². The zero-order chi connectivity index (χ0) is 20.7. The Balaban J connectivity index is 1.70. The summed E-state index contributed by atoms with van der Waals surface area (Å²) in [5.41, 5.74) is 4.57. The molecule has 0 fully saturated rings. The van der Waals surface area contributed by atoms with Crippen LogP contribution in [0.2, 0.25) is 5.02 Å². The molecule has 1 amide bonds. The number of nitrogens with one attached hydrogen (secondary N) is 1. The molecule has 0 aliphatic rings. The maximum absolute atomic E-state index is 12.9. The molecule has 0 radical (unpaired) electrons. The van der Waals surface area contributed by atoms with Crippen LogP contribution in [0.3, 0.4) is 0 Å². The number of benzene rings is 2. The van der Waals surface area contributed by atoms with Gasteiger partial charge in [-0.2, -0.15) is 15.5 Å². The monoisotopic (exact) mass is 404 g/mol. The van der Waals surface area contributed by atoms with Gasteiger partial charge in [0.25, 0.3) is 5.91 Å². The molecule has 0 saturated heterocycles. The number of nitrogens with zero attached hydrogens (tertiary/aromatic N) is 5. The van der Waals surface area contributed by atoms with Crippen LogP contribution in [-0.4, -0.2) is 25.5 Å². The van der Waals surface area contributed by atoms with Gasteiger partial charge in [-0.1, -0.05) is 11.6 Å². The molecule has 0 aliphatic heterocycles. The van der Waals surface area contributed by atoms with E-state index in [1.807, 2.05) is 38.4 Å². The second-order valence-corrected chi connectivity index (χ2v) is 7.21. The van der Waals surface area contributed by atoms with Crippen LogP contribution in [0.25, 0.3) is 16.6 Å². The van der Waals surface area contributed by atoms with Crippen LogP contribution in [0.5, 0.6) is 0 Å². The minimum Gasteiger partial charge on any atom is -0.322 e. The molecule has 8 heteroatoms. The molecular weight excluding hydrogens is 388 g/mol. The number of aryl methyl sites for hydroxylation is 1. The molecule has 0 saturated carbocycles. The van der Waals surface area contributed by atoms with Gasteiger partial charge in [-0.05, 0) is 49.2 Å². The molecule has 0 unspecified atom stereocenters. The molecule has 0 atom stereocenters. The molecular formula is C21H17ClN6O. The molecule has 0 spiro atoms. The van der Waals surface area contributed by atoms with Crippen molar-refractivity contribution in [2.75, 3.05) is 5.32 Å². The summed E-state index contributed by atoms with van der Waals surface area (Å²) in [6, 6.07) is 9.20. The Morgan fingerprint density at radius 2 is 1.97 bits per heavy atom. The lowest BCUT2D eigenvalue weighted by molar-refractivity contribution is 0.102. The first-order valence-corrected chi connectivity index (χ1v) is 9.25. The number of nitriles is 1. The Hall–Kier alpha value is -3.63. The third-order valence-corrected chi connectivity index (χ3v) is 5.27. The van der Waals surface area contributed by atoms with Gasteiger partial charge < -0.3 is 5.32 Å². The van der Waals surface area contributed by atoms with Gasteiger partial charge >= 0.3 is 0 Å². The maximum Gasteiger partial charge on any atom is 0.255 e. The van der Waals surface area contributed by atoms with E-state index in [2.05, 4.69) is 21.6 Å². The van der Waals surface area contributed by atoms with Crippen LogP contribution >= 0.6 is 11.6 Å². The topological polar surface area (TPSA) is 88.5 Å². The third-order valence-electron chi connectivity index (χ3n) is 4.97. The zero-order valence-corrected chi connectivity index (χ0v) is 16.8. The van der Waals surface area contributed by atoms with Gasteiger partial charge in [0.15, 0.2) is 0 Å². The predicted molar refractivity (Wildman–Crippen MR) is 111 cm³/mol. The Morgan fingerprint density at radius 3 is 2.66 bits per heavy atom. The van der Waals surface area contributed by atoms with E-state index in [0.29, 0.717) is 22.4 Å². The summed E-state index contributed by atoms with van der Waals surface area (Å²) in [6.07, 6.45) is 5.35. The molecule has 29 heavy (non-hydrogen) atoms. The maximum atomic E-state index is 12.9. The summed E-state index contributed by atoms with van der Waals surface area (Å²) >= 11 is 6.19. The molecule has 2 aromatic carbocycles. The number of amides is 1. The fourth-order valence-corrected chi connectivity index (χ4v) is 3.56. The Bertz CT molecular complexity index is 1310. The highest BCUT2D eigenvalue weighted by Crippen LogP contribution is 2.27. The van der Waals surface area contributed by atoms with Crippen molar-refractivity contribution in [1.29, 1.82) is 5.26 Å². The number of halogens is 1. The number of rotatable bonds is 3. The van der Waals surface area contributed by atoms with E-state index in [0.717, 1.165) is 22.2 Å². The lowest BCUT2D eigenvalue weighted by atomic mass is 9.98. The highest BCUT2D eigenvalue weighted by molar-refractivity contribution is 6.32. The van der Waals surface area contributed by atoms with Crippen LogP contribution in [0, 0.1) is 25.2 Å². The summed E-state index contributed by atoms with van der Waals surface area (Å²) in [5.74, 6) is -0.288. The highest BCUT2D eigenvalue weighted by atomic mass is 35.5. The van der Waals surface area contributed by atoms with Crippen LogP contribution in [-0.2, 0) is 7.05 Å². The van der Waals surface area contributed by atoms with Crippen molar-refractivity contribution >= 4 is 34.1 Å². The Labute approximate surface area is 172 Å². The van der Waals surface area contributed by atoms with Gasteiger partial charge in [0, 0.05) is 23.7 Å². The normalized spacial score (nSPS) is 10.9. The number of fused-ring (bicyclic) bond motifs is 1. The SMILES string of the molecule is Cc1c(C(=O)Nc2ccc3cnn(-c4cnn(C)c4)c3c2)cc(Cl)c(C#N)c1C. The molecule has 144 valence electrons. The minimum absolute atomic E-state index is 0.269. The van der Waals surface area contributed by atoms with Gasteiger partial charge in [0.1, 0.15) is 11.8 Å². The van der Waals surface area contributed by atoms with Gasteiger partial charge in [-0.25, -0.2) is 4.68 Å². The van der Waals surface area contributed by atoms with Crippen molar-refractivity contribution in [3.63, 3.8) is 0 Å². The van der Waals surface area contributed by atoms with Crippen molar-refractivity contribution in [2.45, 2.75) is 13.8 Å². The third kappa shape index (κ3) is 3.24. The Morgan fingerprint density at radius 1 is 1.17 bits per heavy atom. The van der Waals surface area contributed by atoms with Gasteiger partial charge in [-0.15, -0.1) is 0 Å². The molecule has 4 rings (SSSR count). The van der Waals surface area contributed by atoms with Crippen molar-refractivity contribution in [2.24, 2.45) is 7.05 Å². The second-order valence-electron chi connectivity index (χ2n) is 6.80. The summed E-state index contributed by atoms with van der Waals surface area (Å²) in [4.78, 5) is 12.9. The van der Waals surface area contributed by atoms with Crippen LogP contribution in [0.1, 0.15) is 27.0 Å². The van der Waals surface area contributed by atoms with Gasteiger partial charge in [-0.3, -0.25) is 9.48 Å². The number of hydrogen-bond donors (Lipinski definition) is 1. The molecule has 7 nitrogen and oxygen atoms in total. The van der Waals surface area contributed by atoms with Crippen molar-refractivity contribution in [3.05, 3.63) is 70.1 Å². The quantitative estimate of drug-likeness (QED) is 0.555. The first-order chi connectivity index (χ1) is 13.9. The Kier molecular flexibility index (Phi) is 4.57. The molecule has 1 N–H and O–H groups in total. The average Bonchev–Trinajstić information content (AvgIpc) is 3.30. The molecule has 0 aliphatic carbocycles. The van der Waals surface area contributed by atoms with E-state index < -0.39 is 0 Å². The molecule has 0 bridgehead atoms. The number of carbonyl (C=O) groups excluding carboxylic acids is 1. The van der Waals surface area contributed by atoms with Crippen LogP contribution in [0.4, 0.5) is 5.69 Å². The van der Waals surface area contributed by atoms with Crippen molar-refractivity contribution in [1.82, 2.24) is 19.6 Å². The smallest absolute Gasteiger partial charge is 0.255 e. The zero-order valence-electron chi connectivity index (χ0n) is 16.1. The van der Waals surface area contributed by atoms with Crippen LogP contribution < -0.4 is 5.32 Å². The van der Waals surface area contributed by atoms with E-state index in [1.165, 1.54) is 6.07 Å². The first kappa shape index (κ1) is 18.7. The fourth-order valence-electron chi connectivity index (χ4n) is 3.27. The number of hydrogen-bond acceptors (Lipinski definition) is 4. The van der Waals surface area contributed by atoms with Gasteiger partial charge in [0.05, 0.1) is 34.7 Å². The van der Waals surface area contributed by atoms with Crippen molar-refractivity contribution in [3.8, 4) is 11.8 Å². The summed E-state index contributed by atoms with van der Waals surface area (Å²) in [7, 11) is 1.84. The summed E-state index contributed by atoms with van der Waals surface area (Å²) in [5, 5.41) is 22.0. The summed E-state index contributed by atoms with van der Waals surface area (Å²) in [6.45, 7) is 3.59. The minimum atomic E-state index is -0.288. The first-order valence-electron chi connectivity index (χ1n) is 8.87. The number of anilines is 1. The molecule has 2 aromatic heterocycles. The van der Waals surface area contributed by atoms with Crippen LogP contribution in [0.15, 0.2) is 42.9 Å². The molecule has 4 aromatic rings. The highest BCUT2D eigenvalue weighted by Gasteiger charge is 2.17. The van der Waals surface area contributed by atoms with Crippen molar-refractivity contribution < 1.29 is 4.79 Å². The summed E-state index contributed by atoms with van der Waals surface area (Å²) < 4.78 is 3.47. The van der Waals surface area contributed by atoms with E-state index in [4.69, 9.17) is 11.6 Å². The van der Waals surface area contributed by atoms with E-state index in [-0.39, 0.29) is 10.9 Å². The lowest BCUT2D eigenvalue weighted by Gasteiger charge is -2.12. The number of aromatic nitrogens is 4. The largest absolute Gasteiger partial charge is 0.322 e. The average molecular weight is 405 g/mol.